The molecule has 2 aliphatic rings. The molecule has 4 heterocycles. The highest BCUT2D eigenvalue weighted by molar-refractivity contribution is 6.27. The van der Waals surface area contributed by atoms with E-state index in [1.165, 1.54) is 11.7 Å². The highest BCUT2D eigenvalue weighted by Crippen LogP contribution is 2.32. The van der Waals surface area contributed by atoms with Gasteiger partial charge in [-0.1, -0.05) is 6.07 Å². The lowest BCUT2D eigenvalue weighted by molar-refractivity contribution is -0.119. The molecule has 35 heavy (non-hydrogen) atoms. The van der Waals surface area contributed by atoms with Crippen LogP contribution in [0.2, 0.25) is 0 Å². The van der Waals surface area contributed by atoms with E-state index < -0.39 is 12.2 Å². The number of morpholine rings is 1. The zero-order valence-electron chi connectivity index (χ0n) is 18.8. The molecule has 2 aliphatic heterocycles. The first-order chi connectivity index (χ1) is 17.0. The van der Waals surface area contributed by atoms with Gasteiger partial charge in [-0.2, -0.15) is 15.0 Å². The second-order valence-electron chi connectivity index (χ2n) is 8.07. The van der Waals surface area contributed by atoms with E-state index in [1.54, 1.807) is 18.2 Å². The van der Waals surface area contributed by atoms with Gasteiger partial charge < -0.3 is 24.6 Å². The Hall–Kier alpha value is -3.32. The summed E-state index contributed by atoms with van der Waals surface area (Å²) < 4.78 is 40.2. The van der Waals surface area contributed by atoms with Crippen molar-refractivity contribution >= 4 is 40.4 Å². The molecule has 0 bridgehead atoms. The number of carbonyl (C=O) groups is 1. The van der Waals surface area contributed by atoms with Crippen LogP contribution in [0.15, 0.2) is 18.2 Å². The third kappa shape index (κ3) is 4.52. The minimum absolute atomic E-state index is 0.0239. The van der Waals surface area contributed by atoms with Crippen LogP contribution in [0, 0.1) is 0 Å². The Balaban J connectivity index is 1.59. The number of ether oxygens (including phenoxy) is 2. The minimum Gasteiger partial charge on any atom is -0.494 e. The van der Waals surface area contributed by atoms with Gasteiger partial charge in [-0.25, -0.2) is 13.8 Å². The highest BCUT2D eigenvalue weighted by Gasteiger charge is 2.32. The number of aromatic nitrogens is 5. The molecule has 11 nitrogen and oxygen atoms in total. The Morgan fingerprint density at radius 2 is 1.83 bits per heavy atom. The zero-order valence-corrected chi connectivity index (χ0v) is 19.6. The monoisotopic (exact) mass is 508 g/mol. The van der Waals surface area contributed by atoms with Crippen LogP contribution in [0.5, 0.6) is 5.75 Å². The van der Waals surface area contributed by atoms with E-state index in [-0.39, 0.29) is 29.3 Å². The van der Waals surface area contributed by atoms with E-state index in [0.717, 1.165) is 0 Å². The topological polar surface area (TPSA) is 111 Å². The lowest BCUT2D eigenvalue weighted by Gasteiger charge is -2.39. The van der Waals surface area contributed by atoms with E-state index in [1.807, 2.05) is 9.80 Å². The minimum atomic E-state index is -2.88. The average Bonchev–Trinajstić information content (AvgIpc) is 3.26. The second kappa shape index (κ2) is 9.74. The maximum Gasteiger partial charge on any atom is 0.296 e. The quantitative estimate of drug-likeness (QED) is 0.475. The van der Waals surface area contributed by atoms with Crippen LogP contribution in [0.1, 0.15) is 12.2 Å². The first-order valence-electron chi connectivity index (χ1n) is 11.0. The Labute approximate surface area is 204 Å². The standard InChI is InChI=1S/C21H23ClF2N8O3/c1-34-14-4-2-3-13-16(14)26-18(17(23)24)32(13)21-28-19(30-5-7-35-8-6-30)27-20(29-21)31-10-12(11-31)25-15(33)9-22/h2-4,12,17H,5-11H2,1H3,(H,25,33). The molecular formula is C21H23ClF2N8O3. The number of imidazole rings is 1. The number of nitrogens with one attached hydrogen (secondary N) is 1. The van der Waals surface area contributed by atoms with Gasteiger partial charge in [0.2, 0.25) is 23.8 Å². The lowest BCUT2D eigenvalue weighted by atomic mass is 10.1. The summed E-state index contributed by atoms with van der Waals surface area (Å²) in [6, 6.07) is 4.90. The summed E-state index contributed by atoms with van der Waals surface area (Å²) in [4.78, 5) is 33.2. The summed E-state index contributed by atoms with van der Waals surface area (Å²) in [5.74, 6) is 0.181. The smallest absolute Gasteiger partial charge is 0.296 e. The normalized spacial score (nSPS) is 16.6. The van der Waals surface area contributed by atoms with Gasteiger partial charge in [-0.05, 0) is 12.1 Å². The van der Waals surface area contributed by atoms with Crippen LogP contribution in [0.3, 0.4) is 0 Å². The Morgan fingerprint density at radius 3 is 2.49 bits per heavy atom. The molecule has 0 saturated carbocycles. The average molecular weight is 509 g/mol. The number of hydrogen-bond donors (Lipinski definition) is 1. The summed E-state index contributed by atoms with van der Waals surface area (Å²) >= 11 is 5.57. The maximum absolute atomic E-state index is 14.1. The highest BCUT2D eigenvalue weighted by atomic mass is 35.5. The number of halogens is 3. The largest absolute Gasteiger partial charge is 0.494 e. The number of benzene rings is 1. The number of hydrogen-bond acceptors (Lipinski definition) is 9. The van der Waals surface area contributed by atoms with E-state index in [9.17, 15) is 13.6 Å². The number of anilines is 2. The first kappa shape index (κ1) is 23.4. The van der Waals surface area contributed by atoms with Crippen molar-refractivity contribution in [1.82, 2.24) is 29.8 Å². The molecule has 14 heteroatoms. The van der Waals surface area contributed by atoms with E-state index in [2.05, 4.69) is 25.3 Å². The molecule has 1 aromatic carbocycles. The molecule has 0 unspecified atom stereocenters. The van der Waals surface area contributed by atoms with Crippen molar-refractivity contribution in [2.24, 2.45) is 0 Å². The molecule has 0 aliphatic carbocycles. The fraction of sp³-hybridized carbons (Fsp3) is 0.476. The van der Waals surface area contributed by atoms with Crippen molar-refractivity contribution in [2.45, 2.75) is 12.5 Å². The van der Waals surface area contributed by atoms with Crippen molar-refractivity contribution in [3.05, 3.63) is 24.0 Å². The molecular weight excluding hydrogens is 486 g/mol. The van der Waals surface area contributed by atoms with Crippen LogP contribution in [-0.4, -0.2) is 88.8 Å². The van der Waals surface area contributed by atoms with Crippen LogP contribution in [0.4, 0.5) is 20.7 Å². The van der Waals surface area contributed by atoms with Crippen LogP contribution in [-0.2, 0) is 9.53 Å². The third-order valence-corrected chi connectivity index (χ3v) is 6.08. The lowest BCUT2D eigenvalue weighted by Crippen LogP contribution is -2.60. The number of carbonyl (C=O) groups excluding carboxylic acids is 1. The number of amides is 1. The Kier molecular flexibility index (Phi) is 6.52. The van der Waals surface area contributed by atoms with Crippen LogP contribution in [0.25, 0.3) is 17.0 Å². The summed E-state index contributed by atoms with van der Waals surface area (Å²) in [6.07, 6.45) is -2.88. The number of alkyl halides is 3. The molecule has 2 aromatic heterocycles. The third-order valence-electron chi connectivity index (χ3n) is 5.83. The SMILES string of the molecule is COc1cccc2c1nc(C(F)F)n2-c1nc(N2CCOCC2)nc(N2CC(NC(=O)CCl)C2)n1. The van der Waals surface area contributed by atoms with Gasteiger partial charge in [0.25, 0.3) is 6.43 Å². The summed E-state index contributed by atoms with van der Waals surface area (Å²) in [6.45, 7) is 3.01. The second-order valence-corrected chi connectivity index (χ2v) is 8.34. The van der Waals surface area contributed by atoms with Gasteiger partial charge in [-0.15, -0.1) is 11.6 Å². The van der Waals surface area contributed by atoms with Gasteiger partial charge in [0.05, 0.1) is 31.9 Å². The molecule has 5 rings (SSSR count). The van der Waals surface area contributed by atoms with Gasteiger partial charge in [-0.3, -0.25) is 9.36 Å². The summed E-state index contributed by atoms with van der Waals surface area (Å²) in [5.41, 5.74) is 0.675. The summed E-state index contributed by atoms with van der Waals surface area (Å²) in [7, 11) is 1.46. The van der Waals surface area contributed by atoms with E-state index >= 15 is 0 Å². The molecule has 1 amide bonds. The molecule has 0 atom stereocenters. The van der Waals surface area contributed by atoms with E-state index in [4.69, 9.17) is 21.1 Å². The van der Waals surface area contributed by atoms with Crippen molar-refractivity contribution in [2.75, 3.05) is 62.2 Å². The number of methoxy groups -OCH3 is 1. The fourth-order valence-corrected chi connectivity index (χ4v) is 4.18. The van der Waals surface area contributed by atoms with Crippen LogP contribution < -0.4 is 19.9 Å². The predicted octanol–water partition coefficient (Wildman–Crippen LogP) is 1.54. The molecule has 3 aromatic rings. The van der Waals surface area contributed by atoms with Gasteiger partial charge in [0, 0.05) is 26.2 Å². The predicted molar refractivity (Wildman–Crippen MR) is 124 cm³/mol. The van der Waals surface area contributed by atoms with Crippen molar-refractivity contribution in [3.63, 3.8) is 0 Å². The number of nitrogens with zero attached hydrogens (tertiary/aromatic N) is 7. The Bertz CT molecular complexity index is 1230. The van der Waals surface area contributed by atoms with Gasteiger partial charge in [0.15, 0.2) is 5.82 Å². The van der Waals surface area contributed by atoms with Gasteiger partial charge in [0.1, 0.15) is 17.1 Å². The number of rotatable bonds is 7. The van der Waals surface area contributed by atoms with Crippen LogP contribution >= 0.6 is 11.6 Å². The molecule has 186 valence electrons. The van der Waals surface area contributed by atoms with Crippen molar-refractivity contribution in [1.29, 1.82) is 0 Å². The molecule has 1 N–H and O–H groups in total. The molecule has 0 radical (unpaired) electrons. The molecule has 0 spiro atoms. The first-order valence-corrected chi connectivity index (χ1v) is 11.5. The van der Waals surface area contributed by atoms with Crippen molar-refractivity contribution in [3.8, 4) is 11.7 Å². The maximum atomic E-state index is 14.1. The zero-order chi connectivity index (χ0) is 24.5. The number of para-hydroxylation sites is 1. The summed E-state index contributed by atoms with van der Waals surface area (Å²) in [5, 5.41) is 2.81. The van der Waals surface area contributed by atoms with Crippen molar-refractivity contribution < 1.29 is 23.0 Å². The van der Waals surface area contributed by atoms with Gasteiger partial charge >= 0.3 is 0 Å². The fourth-order valence-electron chi connectivity index (χ4n) is 4.10. The number of fused-ring (bicyclic) bond motifs is 1. The molecule has 2 saturated heterocycles. The Morgan fingerprint density at radius 1 is 1.14 bits per heavy atom. The van der Waals surface area contributed by atoms with E-state index in [0.29, 0.717) is 62.6 Å². The molecule has 2 fully saturated rings.